The minimum absolute atomic E-state index is 0.116. The highest BCUT2D eigenvalue weighted by atomic mass is 16.1. The first-order valence-electron chi connectivity index (χ1n) is 8.68. The Labute approximate surface area is 127 Å². The minimum Gasteiger partial charge on any atom is -0.299 e. The van der Waals surface area contributed by atoms with Gasteiger partial charge in [0.05, 0.1) is 0 Å². The predicted octanol–water partition coefficient (Wildman–Crippen LogP) is 3.94. The van der Waals surface area contributed by atoms with E-state index in [9.17, 15) is 9.59 Å². The van der Waals surface area contributed by atoms with Crippen LogP contribution in [0, 0.1) is 34.5 Å². The third kappa shape index (κ3) is 1.65. The summed E-state index contributed by atoms with van der Waals surface area (Å²) in [5.74, 6) is 2.77. The molecule has 0 saturated heterocycles. The fourth-order valence-electron chi connectivity index (χ4n) is 6.43. The molecule has 2 heteroatoms. The predicted molar refractivity (Wildman–Crippen MR) is 81.6 cm³/mol. The van der Waals surface area contributed by atoms with Crippen LogP contribution in [-0.2, 0) is 9.59 Å². The zero-order valence-electron chi connectivity index (χ0n) is 13.2. The summed E-state index contributed by atoms with van der Waals surface area (Å²) < 4.78 is 0. The van der Waals surface area contributed by atoms with Crippen LogP contribution in [0.5, 0.6) is 0 Å². The molecule has 21 heavy (non-hydrogen) atoms. The van der Waals surface area contributed by atoms with Gasteiger partial charge in [-0.15, -0.1) is 0 Å². The van der Waals surface area contributed by atoms with Crippen LogP contribution in [0.1, 0.15) is 58.8 Å². The van der Waals surface area contributed by atoms with Crippen LogP contribution in [0.3, 0.4) is 0 Å². The maximum absolute atomic E-state index is 12.7. The van der Waals surface area contributed by atoms with Crippen LogP contribution >= 0.6 is 0 Å². The lowest BCUT2D eigenvalue weighted by atomic mass is 9.46. The van der Waals surface area contributed by atoms with Crippen LogP contribution in [0.15, 0.2) is 12.2 Å². The van der Waals surface area contributed by atoms with Gasteiger partial charge < -0.3 is 0 Å². The summed E-state index contributed by atoms with van der Waals surface area (Å²) in [5, 5.41) is 0. The van der Waals surface area contributed by atoms with Gasteiger partial charge in [-0.2, -0.15) is 0 Å². The number of fused-ring (bicyclic) bond motifs is 5. The molecule has 1 unspecified atom stereocenters. The van der Waals surface area contributed by atoms with Gasteiger partial charge in [0.15, 0.2) is 0 Å². The first kappa shape index (κ1) is 13.7. The molecule has 0 aromatic heterocycles. The van der Waals surface area contributed by atoms with Crippen molar-refractivity contribution in [2.45, 2.75) is 58.8 Å². The Morgan fingerprint density at radius 3 is 2.71 bits per heavy atom. The fourth-order valence-corrected chi connectivity index (χ4v) is 6.43. The SMILES string of the molecule is C[C@]12CC=CCC1C(=O)C[C@@H]1[C@@H]2CC[C@]2(C)C(=O)CC[C@@H]12. The molecule has 3 fully saturated rings. The number of ketones is 2. The maximum Gasteiger partial charge on any atom is 0.139 e. The van der Waals surface area contributed by atoms with Crippen LogP contribution in [0.2, 0.25) is 0 Å². The number of hydrogen-bond donors (Lipinski definition) is 0. The lowest BCUT2D eigenvalue weighted by Gasteiger charge is -2.57. The molecule has 0 amide bonds. The van der Waals surface area contributed by atoms with Gasteiger partial charge in [-0.05, 0) is 55.3 Å². The molecule has 0 heterocycles. The van der Waals surface area contributed by atoms with Gasteiger partial charge in [0.1, 0.15) is 11.6 Å². The number of carbonyl (C=O) groups excluding carboxylic acids is 2. The molecule has 0 spiro atoms. The van der Waals surface area contributed by atoms with Crippen molar-refractivity contribution in [1.29, 1.82) is 0 Å². The fraction of sp³-hybridized carbons (Fsp3) is 0.789. The Kier molecular flexibility index (Phi) is 2.81. The standard InChI is InChI=1S/C19H26O2/c1-18-9-4-3-5-15(18)16(20)11-12-13-6-7-17(21)19(13,2)10-8-14(12)18/h3-4,12-15H,5-11H2,1-2H3/t12-,13-,14-,15?,18+,19-/m0/s1. The largest absolute Gasteiger partial charge is 0.299 e. The first-order chi connectivity index (χ1) is 9.97. The van der Waals surface area contributed by atoms with Crippen molar-refractivity contribution in [3.8, 4) is 0 Å². The Bertz CT molecular complexity index is 534. The molecule has 4 aliphatic carbocycles. The van der Waals surface area contributed by atoms with E-state index >= 15 is 0 Å². The smallest absolute Gasteiger partial charge is 0.139 e. The van der Waals surface area contributed by atoms with Crippen molar-refractivity contribution in [2.75, 3.05) is 0 Å². The molecule has 0 aromatic rings. The zero-order valence-corrected chi connectivity index (χ0v) is 13.2. The third-order valence-electron chi connectivity index (χ3n) is 7.71. The summed E-state index contributed by atoms with van der Waals surface area (Å²) in [4.78, 5) is 25.1. The van der Waals surface area contributed by atoms with E-state index in [0.717, 1.165) is 44.9 Å². The molecule has 6 atom stereocenters. The molecule has 2 nitrogen and oxygen atoms in total. The molecule has 0 bridgehead atoms. The molecule has 114 valence electrons. The van der Waals surface area contributed by atoms with Crippen molar-refractivity contribution < 1.29 is 9.59 Å². The Hall–Kier alpha value is -0.920. The van der Waals surface area contributed by atoms with Gasteiger partial charge in [0.2, 0.25) is 0 Å². The highest BCUT2D eigenvalue weighted by Gasteiger charge is 2.61. The second-order valence-corrected chi connectivity index (χ2v) is 8.43. The molecule has 4 aliphatic rings. The van der Waals surface area contributed by atoms with Gasteiger partial charge in [0.25, 0.3) is 0 Å². The van der Waals surface area contributed by atoms with E-state index < -0.39 is 0 Å². The molecule has 0 aliphatic heterocycles. The van der Waals surface area contributed by atoms with E-state index in [4.69, 9.17) is 0 Å². The van der Waals surface area contributed by atoms with Crippen LogP contribution in [0.4, 0.5) is 0 Å². The highest BCUT2D eigenvalue weighted by Crippen LogP contribution is 2.64. The van der Waals surface area contributed by atoms with Gasteiger partial charge in [-0.3, -0.25) is 9.59 Å². The van der Waals surface area contributed by atoms with Gasteiger partial charge in [-0.1, -0.05) is 26.0 Å². The second kappa shape index (κ2) is 4.30. The Morgan fingerprint density at radius 2 is 1.90 bits per heavy atom. The number of rotatable bonds is 0. The van der Waals surface area contributed by atoms with Gasteiger partial charge in [0, 0.05) is 24.2 Å². The monoisotopic (exact) mass is 286 g/mol. The molecular formula is C19H26O2. The number of hydrogen-bond acceptors (Lipinski definition) is 2. The molecule has 0 N–H and O–H groups in total. The molecular weight excluding hydrogens is 260 g/mol. The van der Waals surface area contributed by atoms with E-state index in [1.54, 1.807) is 0 Å². The van der Waals surface area contributed by atoms with Crippen molar-refractivity contribution in [3.63, 3.8) is 0 Å². The lowest BCUT2D eigenvalue weighted by Crippen LogP contribution is -2.55. The summed E-state index contributed by atoms with van der Waals surface area (Å²) in [5.41, 5.74) is 0.0386. The second-order valence-electron chi connectivity index (χ2n) is 8.43. The summed E-state index contributed by atoms with van der Waals surface area (Å²) in [6.07, 6.45) is 11.2. The van der Waals surface area contributed by atoms with Crippen LogP contribution < -0.4 is 0 Å². The number of Topliss-reactive ketones (excluding diaryl/α,β-unsaturated/α-hetero) is 2. The van der Waals surface area contributed by atoms with Crippen LogP contribution in [0.25, 0.3) is 0 Å². The number of allylic oxidation sites excluding steroid dienone is 2. The van der Waals surface area contributed by atoms with Crippen molar-refractivity contribution in [1.82, 2.24) is 0 Å². The molecule has 4 rings (SSSR count). The van der Waals surface area contributed by atoms with Gasteiger partial charge >= 0.3 is 0 Å². The summed E-state index contributed by atoms with van der Waals surface area (Å²) in [6.45, 7) is 4.54. The molecule has 3 saturated carbocycles. The van der Waals surface area contributed by atoms with Crippen LogP contribution in [-0.4, -0.2) is 11.6 Å². The van der Waals surface area contributed by atoms with Gasteiger partial charge in [-0.25, -0.2) is 0 Å². The molecule has 0 aromatic carbocycles. The normalized spacial score (nSPS) is 52.3. The van der Waals surface area contributed by atoms with Crippen molar-refractivity contribution in [3.05, 3.63) is 12.2 Å². The Balaban J connectivity index is 1.73. The summed E-state index contributed by atoms with van der Waals surface area (Å²) in [7, 11) is 0. The van der Waals surface area contributed by atoms with E-state index in [1.165, 1.54) is 0 Å². The van der Waals surface area contributed by atoms with E-state index in [1.807, 2.05) is 0 Å². The average Bonchev–Trinajstić information content (AvgIpc) is 2.75. The quantitative estimate of drug-likeness (QED) is 0.632. The highest BCUT2D eigenvalue weighted by molar-refractivity contribution is 5.88. The average molecular weight is 286 g/mol. The maximum atomic E-state index is 12.7. The minimum atomic E-state index is -0.116. The topological polar surface area (TPSA) is 34.1 Å². The van der Waals surface area contributed by atoms with E-state index in [2.05, 4.69) is 26.0 Å². The van der Waals surface area contributed by atoms with E-state index in [0.29, 0.717) is 29.3 Å². The van der Waals surface area contributed by atoms with E-state index in [-0.39, 0.29) is 16.7 Å². The molecule has 0 radical (unpaired) electrons. The lowest BCUT2D eigenvalue weighted by molar-refractivity contribution is -0.151. The third-order valence-corrected chi connectivity index (χ3v) is 7.71. The van der Waals surface area contributed by atoms with Crippen molar-refractivity contribution in [2.24, 2.45) is 34.5 Å². The zero-order chi connectivity index (χ0) is 14.8. The first-order valence-corrected chi connectivity index (χ1v) is 8.68. The summed E-state index contributed by atoms with van der Waals surface area (Å²) in [6, 6.07) is 0. The number of carbonyl (C=O) groups is 2. The Morgan fingerprint density at radius 1 is 1.10 bits per heavy atom. The van der Waals surface area contributed by atoms with Crippen molar-refractivity contribution >= 4 is 11.6 Å². The summed E-state index contributed by atoms with van der Waals surface area (Å²) >= 11 is 0.